The summed E-state index contributed by atoms with van der Waals surface area (Å²) in [6.07, 6.45) is 5.83. The van der Waals surface area contributed by atoms with Gasteiger partial charge < -0.3 is 9.84 Å². The summed E-state index contributed by atoms with van der Waals surface area (Å²) in [5.74, 6) is -0.552. The van der Waals surface area contributed by atoms with E-state index in [0.29, 0.717) is 0 Å². The average molecular weight is 220 g/mol. The van der Waals surface area contributed by atoms with E-state index in [4.69, 9.17) is 4.74 Å². The van der Waals surface area contributed by atoms with E-state index in [1.54, 1.807) is 18.2 Å². The third kappa shape index (κ3) is 3.77. The van der Waals surface area contributed by atoms with Gasteiger partial charge in [-0.3, -0.25) is 0 Å². The first-order valence-electron chi connectivity index (χ1n) is 5.35. The number of hydrogen-bond acceptors (Lipinski definition) is 3. The lowest BCUT2D eigenvalue weighted by Gasteiger charge is -2.03. The third-order valence-corrected chi connectivity index (χ3v) is 2.06. The zero-order valence-electron chi connectivity index (χ0n) is 9.35. The summed E-state index contributed by atoms with van der Waals surface area (Å²) in [5, 5.41) is 9.40. The van der Waals surface area contributed by atoms with E-state index in [9.17, 15) is 9.90 Å². The molecule has 0 bridgehead atoms. The van der Waals surface area contributed by atoms with Gasteiger partial charge >= 0.3 is 5.97 Å². The molecule has 0 unspecified atom stereocenters. The quantitative estimate of drug-likeness (QED) is 0.613. The van der Waals surface area contributed by atoms with Crippen LogP contribution in [0.3, 0.4) is 0 Å². The van der Waals surface area contributed by atoms with Crippen molar-refractivity contribution in [1.82, 2.24) is 0 Å². The van der Waals surface area contributed by atoms with Crippen molar-refractivity contribution >= 4 is 5.97 Å². The molecule has 0 amide bonds. The molecule has 16 heavy (non-hydrogen) atoms. The van der Waals surface area contributed by atoms with Crippen LogP contribution in [0.5, 0.6) is 5.75 Å². The molecule has 1 aromatic rings. The Morgan fingerprint density at radius 2 is 2.12 bits per heavy atom. The van der Waals surface area contributed by atoms with Crippen molar-refractivity contribution in [2.45, 2.75) is 19.8 Å². The maximum Gasteiger partial charge on any atom is 0.342 e. The van der Waals surface area contributed by atoms with Crippen LogP contribution in [0.25, 0.3) is 0 Å². The Morgan fingerprint density at radius 1 is 1.38 bits per heavy atom. The van der Waals surface area contributed by atoms with Crippen molar-refractivity contribution in [3.05, 3.63) is 42.0 Å². The second-order valence-electron chi connectivity index (χ2n) is 3.38. The summed E-state index contributed by atoms with van der Waals surface area (Å²) in [6.45, 7) is 2.32. The number of phenols is 1. The van der Waals surface area contributed by atoms with Gasteiger partial charge in [-0.05, 0) is 18.6 Å². The fraction of sp³-hybridized carbons (Fsp3) is 0.308. The number of unbranched alkanes of at least 4 members (excludes halogenated alkanes) is 1. The number of ether oxygens (including phenoxy) is 1. The van der Waals surface area contributed by atoms with Crippen molar-refractivity contribution in [1.29, 1.82) is 0 Å². The highest BCUT2D eigenvalue weighted by molar-refractivity contribution is 5.92. The zero-order valence-corrected chi connectivity index (χ0v) is 9.35. The monoisotopic (exact) mass is 220 g/mol. The molecule has 1 N–H and O–H groups in total. The molecule has 0 saturated heterocycles. The van der Waals surface area contributed by atoms with Crippen molar-refractivity contribution in [3.8, 4) is 5.75 Å². The normalized spacial score (nSPS) is 10.6. The van der Waals surface area contributed by atoms with Gasteiger partial charge in [-0.2, -0.15) is 0 Å². The van der Waals surface area contributed by atoms with E-state index in [2.05, 4.69) is 6.92 Å². The Labute approximate surface area is 95.4 Å². The van der Waals surface area contributed by atoms with E-state index in [0.717, 1.165) is 12.8 Å². The Hall–Kier alpha value is -1.77. The highest BCUT2D eigenvalue weighted by Gasteiger charge is 2.10. The van der Waals surface area contributed by atoms with Crippen LogP contribution in [-0.2, 0) is 4.74 Å². The van der Waals surface area contributed by atoms with Crippen LogP contribution in [-0.4, -0.2) is 17.7 Å². The number of rotatable bonds is 5. The molecule has 3 nitrogen and oxygen atoms in total. The van der Waals surface area contributed by atoms with Crippen LogP contribution in [0.15, 0.2) is 36.4 Å². The summed E-state index contributed by atoms with van der Waals surface area (Å²) in [6, 6.07) is 6.34. The zero-order chi connectivity index (χ0) is 11.8. The van der Waals surface area contributed by atoms with E-state index < -0.39 is 5.97 Å². The minimum atomic E-state index is -0.501. The Morgan fingerprint density at radius 3 is 2.81 bits per heavy atom. The molecule has 0 aliphatic carbocycles. The van der Waals surface area contributed by atoms with Crippen LogP contribution in [0.4, 0.5) is 0 Å². The first-order valence-corrected chi connectivity index (χ1v) is 5.35. The van der Waals surface area contributed by atoms with Crippen LogP contribution in [0.2, 0.25) is 0 Å². The van der Waals surface area contributed by atoms with Gasteiger partial charge in [0.05, 0.1) is 0 Å². The number of para-hydroxylation sites is 1. The van der Waals surface area contributed by atoms with Gasteiger partial charge in [0.2, 0.25) is 0 Å². The van der Waals surface area contributed by atoms with Gasteiger partial charge in [0.1, 0.15) is 17.9 Å². The summed E-state index contributed by atoms with van der Waals surface area (Å²) in [4.78, 5) is 11.5. The van der Waals surface area contributed by atoms with Crippen LogP contribution >= 0.6 is 0 Å². The predicted octanol–water partition coefficient (Wildman–Crippen LogP) is 2.91. The Bertz CT molecular complexity index is 369. The van der Waals surface area contributed by atoms with Gasteiger partial charge in [-0.1, -0.05) is 37.6 Å². The molecule has 1 rings (SSSR count). The first kappa shape index (κ1) is 12.3. The van der Waals surface area contributed by atoms with Crippen LogP contribution in [0.1, 0.15) is 30.1 Å². The highest BCUT2D eigenvalue weighted by Crippen LogP contribution is 2.16. The molecule has 3 heteroatoms. The number of carbonyl (C=O) groups excluding carboxylic acids is 1. The third-order valence-electron chi connectivity index (χ3n) is 2.06. The molecule has 0 aliphatic heterocycles. The molecule has 0 spiro atoms. The molecule has 0 aromatic heterocycles. The van der Waals surface area contributed by atoms with Crippen molar-refractivity contribution in [3.63, 3.8) is 0 Å². The van der Waals surface area contributed by atoms with E-state index >= 15 is 0 Å². The minimum Gasteiger partial charge on any atom is -0.507 e. The van der Waals surface area contributed by atoms with Crippen molar-refractivity contribution in [2.24, 2.45) is 0 Å². The van der Waals surface area contributed by atoms with Gasteiger partial charge in [0.15, 0.2) is 0 Å². The second kappa shape index (κ2) is 6.67. The number of benzene rings is 1. The molecule has 0 fully saturated rings. The fourth-order valence-corrected chi connectivity index (χ4v) is 1.20. The summed E-state index contributed by atoms with van der Waals surface area (Å²) < 4.78 is 4.97. The van der Waals surface area contributed by atoms with Crippen LogP contribution in [0, 0.1) is 0 Å². The summed E-state index contributed by atoms with van der Waals surface area (Å²) >= 11 is 0. The number of hydrogen-bond donors (Lipinski definition) is 1. The molecule has 0 saturated carbocycles. The number of phenolic OH excluding ortho intramolecular Hbond substituents is 1. The van der Waals surface area contributed by atoms with E-state index in [-0.39, 0.29) is 17.9 Å². The molecule has 86 valence electrons. The molecule has 1 aromatic carbocycles. The second-order valence-corrected chi connectivity index (χ2v) is 3.38. The van der Waals surface area contributed by atoms with Crippen molar-refractivity contribution in [2.75, 3.05) is 6.61 Å². The summed E-state index contributed by atoms with van der Waals surface area (Å²) in [7, 11) is 0. The standard InChI is InChI=1S/C13H16O3/c1-2-3-4-7-10-16-13(15)11-8-5-6-9-12(11)14/h4-9,14H,2-3,10H2,1H3/b7-4-. The number of esters is 1. The largest absolute Gasteiger partial charge is 0.507 e. The Balaban J connectivity index is 2.44. The van der Waals surface area contributed by atoms with Gasteiger partial charge in [-0.25, -0.2) is 4.79 Å². The number of allylic oxidation sites excluding steroid dienone is 1. The molecular formula is C13H16O3. The van der Waals surface area contributed by atoms with Gasteiger partial charge in [0.25, 0.3) is 0 Å². The molecule has 0 heterocycles. The Kier molecular flexibility index (Phi) is 5.12. The van der Waals surface area contributed by atoms with E-state index in [1.165, 1.54) is 12.1 Å². The highest BCUT2D eigenvalue weighted by atomic mass is 16.5. The molecule has 0 radical (unpaired) electrons. The molecule has 0 aliphatic rings. The average Bonchev–Trinajstić information content (AvgIpc) is 2.29. The van der Waals surface area contributed by atoms with Gasteiger partial charge in [-0.15, -0.1) is 0 Å². The lowest BCUT2D eigenvalue weighted by molar-refractivity contribution is 0.0546. The molecule has 0 atom stereocenters. The smallest absolute Gasteiger partial charge is 0.342 e. The topological polar surface area (TPSA) is 46.5 Å². The lowest BCUT2D eigenvalue weighted by atomic mass is 10.2. The number of carbonyl (C=O) groups is 1. The van der Waals surface area contributed by atoms with Gasteiger partial charge in [0, 0.05) is 0 Å². The lowest BCUT2D eigenvalue weighted by Crippen LogP contribution is -2.05. The first-order chi connectivity index (χ1) is 7.75. The fourth-order valence-electron chi connectivity index (χ4n) is 1.20. The summed E-state index contributed by atoms with van der Waals surface area (Å²) in [5.41, 5.74) is 0.200. The van der Waals surface area contributed by atoms with Crippen LogP contribution < -0.4 is 0 Å². The van der Waals surface area contributed by atoms with E-state index in [1.807, 2.05) is 6.08 Å². The maximum atomic E-state index is 11.5. The van der Waals surface area contributed by atoms with Crippen molar-refractivity contribution < 1.29 is 14.6 Å². The predicted molar refractivity (Wildman–Crippen MR) is 62.4 cm³/mol. The maximum absolute atomic E-state index is 11.5. The minimum absolute atomic E-state index is 0.0509. The molecular weight excluding hydrogens is 204 g/mol. The number of aromatic hydroxyl groups is 1. The SMILES string of the molecule is CCC/C=C\COC(=O)c1ccccc1O.